The number of nitrogens with two attached hydrogens (primary N) is 1. The summed E-state index contributed by atoms with van der Waals surface area (Å²) < 4.78 is 1.93. The summed E-state index contributed by atoms with van der Waals surface area (Å²) >= 11 is 3.16. The maximum absolute atomic E-state index is 11.3. The molecule has 1 aromatic carbocycles. The van der Waals surface area contributed by atoms with Crippen molar-refractivity contribution in [2.45, 2.75) is 64.5 Å². The number of unbranched alkanes of at least 4 members (excludes halogenated alkanes) is 3. The first kappa shape index (κ1) is 31.6. The first-order valence-electron chi connectivity index (χ1n) is 13.5. The minimum Gasteiger partial charge on any atom is -0.383 e. The molecule has 10 nitrogen and oxygen atoms in total. The molecule has 0 bridgehead atoms. The number of urea groups is 1. The fourth-order valence-electron chi connectivity index (χ4n) is 4.16. The Labute approximate surface area is 235 Å². The summed E-state index contributed by atoms with van der Waals surface area (Å²) in [6.07, 6.45) is 7.87. The predicted octanol–water partition coefficient (Wildman–Crippen LogP) is 3.92. The van der Waals surface area contributed by atoms with Crippen molar-refractivity contribution in [1.29, 1.82) is 0 Å². The average molecular weight is 593 g/mol. The molecule has 211 valence electrons. The zero-order valence-corrected chi connectivity index (χ0v) is 24.3. The predicted molar refractivity (Wildman–Crippen MR) is 156 cm³/mol. The van der Waals surface area contributed by atoms with Crippen LogP contribution in [0.15, 0.2) is 30.5 Å². The van der Waals surface area contributed by atoms with E-state index in [4.69, 9.17) is 5.73 Å². The van der Waals surface area contributed by atoms with Gasteiger partial charge in [-0.1, -0.05) is 60.0 Å². The van der Waals surface area contributed by atoms with Crippen LogP contribution < -0.4 is 27.0 Å². The lowest BCUT2D eigenvalue weighted by Crippen LogP contribution is -2.30. The molecule has 0 fully saturated rings. The molecule has 0 aliphatic heterocycles. The third kappa shape index (κ3) is 12.3. The van der Waals surface area contributed by atoms with Crippen molar-refractivity contribution in [1.82, 2.24) is 30.9 Å². The van der Waals surface area contributed by atoms with Crippen molar-refractivity contribution < 1.29 is 9.59 Å². The average Bonchev–Trinajstić information content (AvgIpc) is 3.37. The van der Waals surface area contributed by atoms with E-state index in [0.717, 1.165) is 68.6 Å². The van der Waals surface area contributed by atoms with Crippen molar-refractivity contribution in [2.75, 3.05) is 36.8 Å². The Hall–Kier alpha value is -2.66. The summed E-state index contributed by atoms with van der Waals surface area (Å²) in [6, 6.07) is 7.63. The highest BCUT2D eigenvalue weighted by atomic mass is 79.9. The van der Waals surface area contributed by atoms with Gasteiger partial charge >= 0.3 is 6.03 Å². The number of nitrogens with one attached hydrogen (secondary N) is 4. The summed E-state index contributed by atoms with van der Waals surface area (Å²) in [4.78, 5) is 22.3. The Kier molecular flexibility index (Phi) is 14.8. The van der Waals surface area contributed by atoms with Crippen LogP contribution >= 0.6 is 15.9 Å². The molecule has 2 atom stereocenters. The Balaban J connectivity index is 1.91. The van der Waals surface area contributed by atoms with Gasteiger partial charge in [0.1, 0.15) is 0 Å². The summed E-state index contributed by atoms with van der Waals surface area (Å²) in [5, 5.41) is 22.0. The molecule has 0 saturated heterocycles. The van der Waals surface area contributed by atoms with E-state index >= 15 is 0 Å². The first-order valence-corrected chi connectivity index (χ1v) is 14.6. The van der Waals surface area contributed by atoms with Crippen molar-refractivity contribution in [3.05, 3.63) is 48.6 Å². The lowest BCUT2D eigenvalue weighted by atomic mass is 10.0. The largest absolute Gasteiger partial charge is 0.383 e. The number of halogens is 1. The maximum atomic E-state index is 11.3. The molecule has 1 radical (unpaired) electrons. The molecule has 0 unspecified atom stereocenters. The Morgan fingerprint density at radius 3 is 2.37 bits per heavy atom. The molecular formula is C27H44BrN8O2. The van der Waals surface area contributed by atoms with Gasteiger partial charge < -0.3 is 27.0 Å². The molecule has 3 amide bonds. The van der Waals surface area contributed by atoms with Gasteiger partial charge in [-0.2, -0.15) is 0 Å². The van der Waals surface area contributed by atoms with E-state index in [9.17, 15) is 9.59 Å². The van der Waals surface area contributed by atoms with Gasteiger partial charge in [-0.25, -0.2) is 9.48 Å². The molecule has 0 saturated carbocycles. The van der Waals surface area contributed by atoms with Gasteiger partial charge in [-0.05, 0) is 62.8 Å². The van der Waals surface area contributed by atoms with Crippen LogP contribution in [0.5, 0.6) is 0 Å². The standard InChI is InChI=1S/C27H44BrN8O2/c1-20(2)26(31-15-7-5-4-6-14-30-25(37)17-28)24-19-36(35-34-24)23(9-8-16-32-27(29)38)18-33-22-12-10-21(3)11-13-22/h10-13,19-20,23,26,31,33H,3-9,14-18H2,1-2H3,(H,30,37)(H3,29,32,38)/t23-,26+/m1/s1. The zero-order chi connectivity index (χ0) is 27.8. The number of aromatic nitrogens is 3. The van der Waals surface area contributed by atoms with Gasteiger partial charge in [0.05, 0.1) is 29.3 Å². The van der Waals surface area contributed by atoms with E-state index in [1.807, 2.05) is 35.1 Å². The lowest BCUT2D eigenvalue weighted by molar-refractivity contribution is -0.118. The minimum atomic E-state index is -0.511. The number of benzene rings is 1. The number of rotatable bonds is 19. The van der Waals surface area contributed by atoms with Crippen LogP contribution in [-0.4, -0.2) is 58.4 Å². The number of carbonyl (C=O) groups is 2. The van der Waals surface area contributed by atoms with Crippen LogP contribution in [0.25, 0.3) is 0 Å². The highest BCUT2D eigenvalue weighted by molar-refractivity contribution is 9.09. The van der Waals surface area contributed by atoms with Crippen molar-refractivity contribution in [2.24, 2.45) is 11.7 Å². The molecular weight excluding hydrogens is 548 g/mol. The number of alkyl halides is 1. The Morgan fingerprint density at radius 2 is 1.71 bits per heavy atom. The SMILES string of the molecule is [CH2]c1ccc(NC[C@@H](CCCNC(N)=O)n2cc([C@@H](NCCCCCCNC(=O)CBr)C(C)C)nn2)cc1. The monoisotopic (exact) mass is 591 g/mol. The molecule has 11 heteroatoms. The van der Waals surface area contributed by atoms with Gasteiger partial charge in [-0.15, -0.1) is 5.10 Å². The van der Waals surface area contributed by atoms with E-state index < -0.39 is 6.03 Å². The van der Waals surface area contributed by atoms with Gasteiger partial charge in [0, 0.05) is 25.3 Å². The highest BCUT2D eigenvalue weighted by Gasteiger charge is 2.21. The molecule has 1 heterocycles. The second kappa shape index (κ2) is 17.8. The van der Waals surface area contributed by atoms with Gasteiger partial charge in [-0.3, -0.25) is 4.79 Å². The summed E-state index contributed by atoms with van der Waals surface area (Å²) in [5.74, 6) is 0.393. The Bertz CT molecular complexity index is 951. The van der Waals surface area contributed by atoms with E-state index in [-0.39, 0.29) is 18.0 Å². The van der Waals surface area contributed by atoms with Crippen molar-refractivity contribution in [3.8, 4) is 0 Å². The first-order chi connectivity index (χ1) is 18.3. The van der Waals surface area contributed by atoms with E-state index in [1.165, 1.54) is 0 Å². The van der Waals surface area contributed by atoms with Crippen LogP contribution in [-0.2, 0) is 4.79 Å². The van der Waals surface area contributed by atoms with Gasteiger partial charge in [0.15, 0.2) is 0 Å². The normalized spacial score (nSPS) is 12.8. The van der Waals surface area contributed by atoms with Crippen LogP contribution in [0.1, 0.15) is 75.7 Å². The fourth-order valence-corrected chi connectivity index (χ4v) is 4.36. The molecule has 6 N–H and O–H groups in total. The maximum Gasteiger partial charge on any atom is 0.312 e. The quantitative estimate of drug-likeness (QED) is 0.124. The number of nitrogens with zero attached hydrogens (tertiary/aromatic N) is 3. The molecule has 0 aliphatic carbocycles. The number of carbonyl (C=O) groups excluding carboxylic acids is 2. The van der Waals surface area contributed by atoms with Gasteiger partial charge in [0.2, 0.25) is 5.91 Å². The fraction of sp³-hybridized carbons (Fsp3) is 0.593. The summed E-state index contributed by atoms with van der Waals surface area (Å²) in [7, 11) is 0. The molecule has 38 heavy (non-hydrogen) atoms. The van der Waals surface area contributed by atoms with Crippen LogP contribution in [0, 0.1) is 12.8 Å². The molecule has 0 aliphatic rings. The smallest absolute Gasteiger partial charge is 0.312 e. The number of primary amides is 1. The number of hydrogen-bond donors (Lipinski definition) is 5. The van der Waals surface area contributed by atoms with E-state index in [0.29, 0.717) is 24.3 Å². The molecule has 2 rings (SSSR count). The number of amides is 3. The Morgan fingerprint density at radius 1 is 1.03 bits per heavy atom. The van der Waals surface area contributed by atoms with Crippen molar-refractivity contribution in [3.63, 3.8) is 0 Å². The summed E-state index contributed by atoms with van der Waals surface area (Å²) in [6.45, 7) is 11.1. The minimum absolute atomic E-state index is 0.0348. The second-order valence-corrected chi connectivity index (χ2v) is 10.4. The number of anilines is 1. The third-order valence-corrected chi connectivity index (χ3v) is 6.82. The molecule has 0 spiro atoms. The lowest BCUT2D eigenvalue weighted by Gasteiger charge is -2.21. The highest BCUT2D eigenvalue weighted by Crippen LogP contribution is 2.22. The molecule has 2 aromatic rings. The second-order valence-electron chi connectivity index (χ2n) is 9.86. The van der Waals surface area contributed by atoms with Crippen LogP contribution in [0.3, 0.4) is 0 Å². The third-order valence-electron chi connectivity index (χ3n) is 6.31. The van der Waals surface area contributed by atoms with Crippen molar-refractivity contribution >= 4 is 33.6 Å². The van der Waals surface area contributed by atoms with E-state index in [2.05, 4.69) is 68.3 Å². The van der Waals surface area contributed by atoms with Crippen LogP contribution in [0.2, 0.25) is 0 Å². The summed E-state index contributed by atoms with van der Waals surface area (Å²) in [5.41, 5.74) is 8.13. The van der Waals surface area contributed by atoms with Gasteiger partial charge in [0.25, 0.3) is 0 Å². The number of hydrogen-bond acceptors (Lipinski definition) is 6. The zero-order valence-electron chi connectivity index (χ0n) is 22.7. The van der Waals surface area contributed by atoms with Crippen LogP contribution in [0.4, 0.5) is 10.5 Å². The van der Waals surface area contributed by atoms with E-state index in [1.54, 1.807) is 0 Å². The topological polar surface area (TPSA) is 139 Å². The molecule has 1 aromatic heterocycles.